The molecular weight excluding hydrogens is 363 g/mol. The SMILES string of the molecule is CC(C)C.CC1(C)C2CC3OB(CNC(=O)C(N)Cc4ccccc4)OC3C1C2. The molecule has 1 saturated heterocycles. The Morgan fingerprint density at radius 3 is 2.48 bits per heavy atom. The third-order valence-corrected chi connectivity index (χ3v) is 6.54. The lowest BCUT2D eigenvalue weighted by molar-refractivity contribution is -0.150. The van der Waals surface area contributed by atoms with Crippen molar-refractivity contribution in [2.75, 3.05) is 6.44 Å². The first kappa shape index (κ1) is 22.3. The standard InChI is InChI=1S/C19H27BN2O3.C4H10/c1-19(2)13-9-14(19)17-16(10-13)24-20(25-17)11-22-18(23)15(21)8-12-6-4-3-5-7-12;1-4(2)3/h3-7,13-17H,8-11,21H2,1-2H3,(H,22,23);4H,1-3H3. The maximum atomic E-state index is 12.2. The average molecular weight is 400 g/mol. The van der Waals surface area contributed by atoms with Crippen molar-refractivity contribution in [3.8, 4) is 0 Å². The van der Waals surface area contributed by atoms with E-state index in [1.54, 1.807) is 0 Å². The molecule has 3 aliphatic carbocycles. The van der Waals surface area contributed by atoms with Crippen molar-refractivity contribution < 1.29 is 14.1 Å². The summed E-state index contributed by atoms with van der Waals surface area (Å²) in [7, 11) is -0.349. The highest BCUT2D eigenvalue weighted by atomic mass is 16.7. The number of carbonyl (C=O) groups excluding carboxylic acids is 1. The largest absolute Gasteiger partial charge is 0.478 e. The smallest absolute Gasteiger partial charge is 0.405 e. The predicted octanol–water partition coefficient (Wildman–Crippen LogP) is 3.21. The number of amides is 1. The second-order valence-corrected chi connectivity index (χ2v) is 10.1. The fraction of sp³-hybridized carbons (Fsp3) is 0.696. The van der Waals surface area contributed by atoms with E-state index < -0.39 is 6.04 Å². The zero-order valence-corrected chi connectivity index (χ0v) is 18.6. The van der Waals surface area contributed by atoms with Gasteiger partial charge < -0.3 is 20.4 Å². The minimum absolute atomic E-state index is 0.157. The summed E-state index contributed by atoms with van der Waals surface area (Å²) < 4.78 is 12.2. The van der Waals surface area contributed by atoms with E-state index in [0.29, 0.717) is 24.2 Å². The molecule has 3 N–H and O–H groups in total. The van der Waals surface area contributed by atoms with E-state index in [9.17, 15) is 4.79 Å². The van der Waals surface area contributed by atoms with Gasteiger partial charge in [-0.2, -0.15) is 0 Å². The van der Waals surface area contributed by atoms with Crippen LogP contribution in [0.3, 0.4) is 0 Å². The van der Waals surface area contributed by atoms with Gasteiger partial charge in [0.1, 0.15) is 0 Å². The van der Waals surface area contributed by atoms with Gasteiger partial charge in [0, 0.05) is 0 Å². The van der Waals surface area contributed by atoms with Gasteiger partial charge in [0.25, 0.3) is 0 Å². The highest BCUT2D eigenvalue weighted by molar-refractivity contribution is 6.45. The third-order valence-electron chi connectivity index (χ3n) is 6.54. The first-order valence-corrected chi connectivity index (χ1v) is 11.1. The van der Waals surface area contributed by atoms with E-state index in [1.807, 2.05) is 30.3 Å². The third kappa shape index (κ3) is 5.22. The summed E-state index contributed by atoms with van der Waals surface area (Å²) in [6.07, 6.45) is 3.59. The molecule has 1 aromatic rings. The minimum Gasteiger partial charge on any atom is -0.405 e. The number of carbonyl (C=O) groups is 1. The zero-order valence-electron chi connectivity index (χ0n) is 18.6. The van der Waals surface area contributed by atoms with E-state index in [1.165, 1.54) is 6.42 Å². The van der Waals surface area contributed by atoms with Gasteiger partial charge in [-0.25, -0.2) is 0 Å². The van der Waals surface area contributed by atoms with Crippen molar-refractivity contribution in [3.63, 3.8) is 0 Å². The summed E-state index contributed by atoms with van der Waals surface area (Å²) in [5, 5.41) is 2.89. The first-order chi connectivity index (χ1) is 13.7. The van der Waals surface area contributed by atoms with Crippen LogP contribution in [0, 0.1) is 23.2 Å². The summed E-state index contributed by atoms with van der Waals surface area (Å²) in [5.41, 5.74) is 7.44. The lowest BCUT2D eigenvalue weighted by Crippen LogP contribution is -2.59. The number of benzene rings is 1. The fourth-order valence-electron chi connectivity index (χ4n) is 4.78. The summed E-state index contributed by atoms with van der Waals surface area (Å²) in [4.78, 5) is 12.2. The first-order valence-electron chi connectivity index (χ1n) is 11.1. The monoisotopic (exact) mass is 400 g/mol. The van der Waals surface area contributed by atoms with Crippen LogP contribution < -0.4 is 11.1 Å². The number of nitrogens with two attached hydrogens (primary N) is 1. The molecule has 1 aromatic carbocycles. The van der Waals surface area contributed by atoms with Crippen molar-refractivity contribution in [1.29, 1.82) is 0 Å². The van der Waals surface area contributed by atoms with Crippen LogP contribution in [0.5, 0.6) is 0 Å². The molecule has 4 aliphatic rings. The molecule has 6 heteroatoms. The van der Waals surface area contributed by atoms with Crippen LogP contribution in [0.15, 0.2) is 30.3 Å². The topological polar surface area (TPSA) is 73.6 Å². The Labute approximate surface area is 176 Å². The Morgan fingerprint density at radius 2 is 1.86 bits per heavy atom. The fourth-order valence-corrected chi connectivity index (χ4v) is 4.78. The second-order valence-electron chi connectivity index (χ2n) is 10.1. The van der Waals surface area contributed by atoms with Crippen molar-refractivity contribution in [2.24, 2.45) is 28.9 Å². The van der Waals surface area contributed by atoms with Gasteiger partial charge in [0.2, 0.25) is 5.91 Å². The molecule has 1 heterocycles. The maximum absolute atomic E-state index is 12.2. The van der Waals surface area contributed by atoms with E-state index in [4.69, 9.17) is 15.0 Å². The van der Waals surface area contributed by atoms with Crippen molar-refractivity contribution in [1.82, 2.24) is 5.32 Å². The minimum atomic E-state index is -0.558. The Morgan fingerprint density at radius 1 is 1.21 bits per heavy atom. The summed E-state index contributed by atoms with van der Waals surface area (Å²) >= 11 is 0. The second kappa shape index (κ2) is 9.19. The van der Waals surface area contributed by atoms with E-state index in [0.717, 1.165) is 23.8 Å². The highest BCUT2D eigenvalue weighted by Gasteiger charge is 2.61. The van der Waals surface area contributed by atoms with Crippen LogP contribution in [0.2, 0.25) is 0 Å². The molecule has 160 valence electrons. The van der Waals surface area contributed by atoms with Gasteiger partial charge in [-0.1, -0.05) is 65.0 Å². The Balaban J connectivity index is 0.000000552. The molecule has 5 unspecified atom stereocenters. The summed E-state index contributed by atoms with van der Waals surface area (Å²) in [6, 6.07) is 9.26. The lowest BCUT2D eigenvalue weighted by Gasteiger charge is -2.60. The van der Waals surface area contributed by atoms with Gasteiger partial charge in [-0.15, -0.1) is 0 Å². The van der Waals surface area contributed by atoms with E-state index in [-0.39, 0.29) is 25.2 Å². The van der Waals surface area contributed by atoms with Gasteiger partial charge >= 0.3 is 7.12 Å². The molecule has 2 bridgehead atoms. The Bertz CT molecular complexity index is 679. The van der Waals surface area contributed by atoms with Crippen LogP contribution >= 0.6 is 0 Å². The molecule has 5 rings (SSSR count). The zero-order chi connectivity index (χ0) is 21.2. The van der Waals surface area contributed by atoms with Crippen LogP contribution in [-0.4, -0.2) is 37.7 Å². The Hall–Kier alpha value is -1.37. The lowest BCUT2D eigenvalue weighted by atomic mass is 9.47. The molecule has 0 radical (unpaired) electrons. The Kier molecular flexibility index (Phi) is 7.08. The number of hydrogen-bond donors (Lipinski definition) is 2. The van der Waals surface area contributed by atoms with Crippen LogP contribution in [0.1, 0.15) is 53.0 Å². The average Bonchev–Trinajstić information content (AvgIpc) is 3.09. The molecule has 1 aliphatic heterocycles. The van der Waals surface area contributed by atoms with Gasteiger partial charge in [-0.05, 0) is 48.0 Å². The molecule has 29 heavy (non-hydrogen) atoms. The highest BCUT2D eigenvalue weighted by Crippen LogP contribution is 2.61. The summed E-state index contributed by atoms with van der Waals surface area (Å²) in [5.74, 6) is 2.00. The summed E-state index contributed by atoms with van der Waals surface area (Å²) in [6.45, 7) is 11.2. The number of nitrogens with one attached hydrogen (secondary N) is 1. The van der Waals surface area contributed by atoms with Crippen LogP contribution in [0.4, 0.5) is 0 Å². The van der Waals surface area contributed by atoms with Crippen molar-refractivity contribution in [2.45, 2.75) is 72.1 Å². The molecule has 3 saturated carbocycles. The molecule has 0 spiro atoms. The number of hydrogen-bond acceptors (Lipinski definition) is 4. The maximum Gasteiger partial charge on any atom is 0.478 e. The van der Waals surface area contributed by atoms with E-state index in [2.05, 4.69) is 39.9 Å². The van der Waals surface area contributed by atoms with Gasteiger partial charge in [0.05, 0.1) is 24.7 Å². The van der Waals surface area contributed by atoms with Crippen molar-refractivity contribution >= 4 is 13.0 Å². The van der Waals surface area contributed by atoms with E-state index >= 15 is 0 Å². The normalized spacial score (nSPS) is 30.0. The van der Waals surface area contributed by atoms with Crippen molar-refractivity contribution in [3.05, 3.63) is 35.9 Å². The molecular formula is C23H37BN2O3. The molecule has 5 nitrogen and oxygen atoms in total. The quantitative estimate of drug-likeness (QED) is 0.745. The predicted molar refractivity (Wildman–Crippen MR) is 117 cm³/mol. The molecule has 5 atom stereocenters. The number of rotatable bonds is 5. The molecule has 4 fully saturated rings. The van der Waals surface area contributed by atoms with Gasteiger partial charge in [0.15, 0.2) is 0 Å². The molecule has 0 aromatic heterocycles. The molecule has 1 amide bonds. The van der Waals surface area contributed by atoms with Crippen LogP contribution in [0.25, 0.3) is 0 Å². The van der Waals surface area contributed by atoms with Crippen LogP contribution in [-0.2, 0) is 20.5 Å². The van der Waals surface area contributed by atoms with Gasteiger partial charge in [-0.3, -0.25) is 4.79 Å².